The summed E-state index contributed by atoms with van der Waals surface area (Å²) in [6.07, 6.45) is 3.59. The van der Waals surface area contributed by atoms with Crippen LogP contribution >= 0.6 is 0 Å². The third-order valence-electron chi connectivity index (χ3n) is 3.34. The molecule has 1 aromatic heterocycles. The Hall–Kier alpha value is -1.36. The number of carboxylic acid groups (broad SMARTS) is 1. The maximum Gasteiger partial charge on any atom is 0.306 e. The number of fused-ring (bicyclic) bond motifs is 1. The van der Waals surface area contributed by atoms with Crippen molar-refractivity contribution in [1.29, 1.82) is 0 Å². The molecule has 2 rings (SSSR count). The third-order valence-corrected chi connectivity index (χ3v) is 3.34. The normalized spacial score (nSPS) is 16.6. The van der Waals surface area contributed by atoms with Crippen molar-refractivity contribution in [2.24, 2.45) is 5.92 Å². The smallest absolute Gasteiger partial charge is 0.306 e. The Labute approximate surface area is 100 Å². The van der Waals surface area contributed by atoms with Gasteiger partial charge in [-0.05, 0) is 19.3 Å². The van der Waals surface area contributed by atoms with Crippen molar-refractivity contribution in [3.8, 4) is 0 Å². The van der Waals surface area contributed by atoms with Gasteiger partial charge in [0, 0.05) is 18.7 Å². The first-order valence-electron chi connectivity index (χ1n) is 6.04. The van der Waals surface area contributed by atoms with Crippen LogP contribution in [0, 0.1) is 5.92 Å². The monoisotopic (exact) mass is 238 g/mol. The quantitative estimate of drug-likeness (QED) is 0.819. The van der Waals surface area contributed by atoms with E-state index in [-0.39, 0.29) is 6.61 Å². The van der Waals surface area contributed by atoms with Crippen LogP contribution in [-0.2, 0) is 30.8 Å². The van der Waals surface area contributed by atoms with Crippen LogP contribution in [0.1, 0.15) is 37.0 Å². The minimum absolute atomic E-state index is 0.0587. The molecule has 17 heavy (non-hydrogen) atoms. The molecule has 1 aliphatic heterocycles. The van der Waals surface area contributed by atoms with Gasteiger partial charge >= 0.3 is 5.97 Å². The number of imidazole rings is 1. The van der Waals surface area contributed by atoms with Crippen molar-refractivity contribution in [2.45, 2.75) is 45.8 Å². The summed E-state index contributed by atoms with van der Waals surface area (Å²) in [5.74, 6) is -0.433. The third kappa shape index (κ3) is 2.34. The average molecular weight is 238 g/mol. The van der Waals surface area contributed by atoms with Crippen molar-refractivity contribution in [3.63, 3.8) is 0 Å². The second-order valence-corrected chi connectivity index (χ2v) is 4.63. The molecule has 5 heteroatoms. The van der Waals surface area contributed by atoms with Crippen molar-refractivity contribution in [1.82, 2.24) is 9.55 Å². The van der Waals surface area contributed by atoms with E-state index in [9.17, 15) is 9.90 Å². The van der Waals surface area contributed by atoms with E-state index in [1.807, 2.05) is 0 Å². The Morgan fingerprint density at radius 3 is 2.94 bits per heavy atom. The minimum atomic E-state index is -0.802. The van der Waals surface area contributed by atoms with Crippen LogP contribution in [0.2, 0.25) is 0 Å². The molecular weight excluding hydrogens is 220 g/mol. The fraction of sp³-hybridized carbons (Fsp3) is 0.667. The number of nitrogens with zero attached hydrogens (tertiary/aromatic N) is 2. The molecule has 1 unspecified atom stereocenters. The highest BCUT2D eigenvalue weighted by molar-refractivity contribution is 5.69. The number of hydrogen-bond donors (Lipinski definition) is 2. The van der Waals surface area contributed by atoms with Crippen LogP contribution in [0.15, 0.2) is 0 Å². The van der Waals surface area contributed by atoms with Crippen LogP contribution in [-0.4, -0.2) is 25.7 Å². The van der Waals surface area contributed by atoms with Crippen molar-refractivity contribution in [3.05, 3.63) is 17.2 Å². The van der Waals surface area contributed by atoms with Gasteiger partial charge in [-0.1, -0.05) is 6.92 Å². The summed E-state index contributed by atoms with van der Waals surface area (Å²) in [5, 5.41) is 18.2. The van der Waals surface area contributed by atoms with Gasteiger partial charge in [0.2, 0.25) is 0 Å². The molecule has 1 aromatic rings. The van der Waals surface area contributed by atoms with E-state index in [2.05, 4.69) is 9.55 Å². The van der Waals surface area contributed by atoms with E-state index in [1.54, 1.807) is 6.92 Å². The first-order chi connectivity index (χ1) is 8.13. The molecule has 0 aliphatic carbocycles. The Bertz CT molecular complexity index is 426. The van der Waals surface area contributed by atoms with E-state index in [0.29, 0.717) is 6.42 Å². The van der Waals surface area contributed by atoms with Gasteiger partial charge < -0.3 is 14.8 Å². The average Bonchev–Trinajstić information content (AvgIpc) is 2.68. The Balaban J connectivity index is 2.28. The summed E-state index contributed by atoms with van der Waals surface area (Å²) in [6, 6.07) is 0. The molecule has 2 N–H and O–H groups in total. The minimum Gasteiger partial charge on any atom is -0.481 e. The number of aliphatic hydroxyl groups is 1. The van der Waals surface area contributed by atoms with E-state index >= 15 is 0 Å². The summed E-state index contributed by atoms with van der Waals surface area (Å²) in [7, 11) is 0. The van der Waals surface area contributed by atoms with Crippen molar-refractivity contribution in [2.75, 3.05) is 0 Å². The van der Waals surface area contributed by atoms with Gasteiger partial charge in [0.15, 0.2) is 0 Å². The lowest BCUT2D eigenvalue weighted by Gasteiger charge is -2.17. The summed E-state index contributed by atoms with van der Waals surface area (Å²) in [4.78, 5) is 15.2. The lowest BCUT2D eigenvalue weighted by molar-refractivity contribution is -0.141. The summed E-state index contributed by atoms with van der Waals surface area (Å²) < 4.78 is 2.09. The molecule has 5 nitrogen and oxygen atoms in total. The first kappa shape index (κ1) is 12.1. The zero-order chi connectivity index (χ0) is 12.4. The van der Waals surface area contributed by atoms with Crippen LogP contribution in [0.3, 0.4) is 0 Å². The Kier molecular flexibility index (Phi) is 3.47. The fourth-order valence-corrected chi connectivity index (χ4v) is 2.34. The molecule has 1 atom stereocenters. The number of carbonyl (C=O) groups is 1. The first-order valence-corrected chi connectivity index (χ1v) is 6.04. The predicted molar refractivity (Wildman–Crippen MR) is 61.6 cm³/mol. The molecule has 94 valence electrons. The molecule has 0 radical (unpaired) electrons. The predicted octanol–water partition coefficient (Wildman–Crippen LogP) is 0.975. The lowest BCUT2D eigenvalue weighted by atomic mass is 10.1. The van der Waals surface area contributed by atoms with Gasteiger partial charge in [-0.2, -0.15) is 0 Å². The second-order valence-electron chi connectivity index (χ2n) is 4.63. The Morgan fingerprint density at radius 1 is 1.53 bits per heavy atom. The molecule has 0 spiro atoms. The van der Waals surface area contributed by atoms with Gasteiger partial charge in [-0.3, -0.25) is 4.79 Å². The topological polar surface area (TPSA) is 75.4 Å². The number of carboxylic acids is 1. The van der Waals surface area contributed by atoms with E-state index in [1.165, 1.54) is 0 Å². The molecule has 0 saturated heterocycles. The number of aliphatic carboxylic acids is 1. The highest BCUT2D eigenvalue weighted by Gasteiger charge is 2.22. The standard InChI is InChI=1S/C12H18N2O3/c1-8(12(16)17)6-11-13-9(7-15)10-4-2-3-5-14(10)11/h8,15H,2-7H2,1H3,(H,16,17). The van der Waals surface area contributed by atoms with Gasteiger partial charge in [-0.25, -0.2) is 4.98 Å². The zero-order valence-corrected chi connectivity index (χ0v) is 10.0. The number of hydrogen-bond acceptors (Lipinski definition) is 3. The number of aliphatic hydroxyl groups excluding tert-OH is 1. The summed E-state index contributed by atoms with van der Waals surface area (Å²) in [6.45, 7) is 2.52. The second kappa shape index (κ2) is 4.87. The van der Waals surface area contributed by atoms with Gasteiger partial charge in [0.25, 0.3) is 0 Å². The lowest BCUT2D eigenvalue weighted by Crippen LogP contribution is -2.18. The van der Waals surface area contributed by atoms with E-state index < -0.39 is 11.9 Å². The van der Waals surface area contributed by atoms with Crippen LogP contribution in [0.5, 0.6) is 0 Å². The van der Waals surface area contributed by atoms with E-state index in [0.717, 1.165) is 43.0 Å². The maximum absolute atomic E-state index is 10.9. The highest BCUT2D eigenvalue weighted by Crippen LogP contribution is 2.22. The van der Waals surface area contributed by atoms with Gasteiger partial charge in [0.05, 0.1) is 18.2 Å². The molecule has 2 heterocycles. The van der Waals surface area contributed by atoms with Crippen molar-refractivity contribution < 1.29 is 15.0 Å². The van der Waals surface area contributed by atoms with Crippen LogP contribution in [0.4, 0.5) is 0 Å². The molecule has 0 fully saturated rings. The van der Waals surface area contributed by atoms with Crippen LogP contribution in [0.25, 0.3) is 0 Å². The largest absolute Gasteiger partial charge is 0.481 e. The molecule has 0 aromatic carbocycles. The molecule has 1 aliphatic rings. The van der Waals surface area contributed by atoms with Crippen molar-refractivity contribution >= 4 is 5.97 Å². The SMILES string of the molecule is CC(Cc1nc(CO)c2n1CCCC2)C(=O)O. The molecule has 0 amide bonds. The fourth-order valence-electron chi connectivity index (χ4n) is 2.34. The Morgan fingerprint density at radius 2 is 2.29 bits per heavy atom. The zero-order valence-electron chi connectivity index (χ0n) is 10.0. The maximum atomic E-state index is 10.9. The molecule has 0 bridgehead atoms. The molecular formula is C12H18N2O3. The molecule has 0 saturated carbocycles. The highest BCUT2D eigenvalue weighted by atomic mass is 16.4. The van der Waals surface area contributed by atoms with Gasteiger partial charge in [-0.15, -0.1) is 0 Å². The summed E-state index contributed by atoms with van der Waals surface area (Å²) >= 11 is 0. The number of rotatable bonds is 4. The summed E-state index contributed by atoms with van der Waals surface area (Å²) in [5.41, 5.74) is 1.81. The number of aromatic nitrogens is 2. The van der Waals surface area contributed by atoms with E-state index in [4.69, 9.17) is 5.11 Å². The van der Waals surface area contributed by atoms with Crippen LogP contribution < -0.4 is 0 Å². The van der Waals surface area contributed by atoms with Gasteiger partial charge in [0.1, 0.15) is 5.82 Å².